The fourth-order valence-electron chi connectivity index (χ4n) is 1.64. The van der Waals surface area contributed by atoms with Crippen molar-refractivity contribution in [2.75, 3.05) is 5.75 Å². The highest BCUT2D eigenvalue weighted by atomic mass is 32.2. The highest BCUT2D eigenvalue weighted by molar-refractivity contribution is 7.99. The van der Waals surface area contributed by atoms with Gasteiger partial charge in [0.25, 0.3) is 0 Å². The zero-order valence-corrected chi connectivity index (χ0v) is 8.31. The third-order valence-corrected chi connectivity index (χ3v) is 3.57. The molecular weight excluding hydrogens is 178 g/mol. The summed E-state index contributed by atoms with van der Waals surface area (Å²) < 4.78 is 0. The van der Waals surface area contributed by atoms with Crippen LogP contribution in [-0.2, 0) is 0 Å². The predicted octanol–water partition coefficient (Wildman–Crippen LogP) is 2.83. The molecule has 1 heterocycles. The Labute approximate surface area is 83.0 Å². The topological polar surface area (TPSA) is 26.0 Å². The molecule has 0 amide bonds. The second-order valence-electron chi connectivity index (χ2n) is 3.21. The summed E-state index contributed by atoms with van der Waals surface area (Å²) >= 11 is 1.89. The van der Waals surface area contributed by atoms with E-state index < -0.39 is 0 Å². The molecule has 1 aliphatic heterocycles. The number of fused-ring (bicyclic) bond motifs is 1. The lowest BCUT2D eigenvalue weighted by Crippen LogP contribution is -2.16. The van der Waals surface area contributed by atoms with Crippen LogP contribution in [0.5, 0.6) is 0 Å². The van der Waals surface area contributed by atoms with Gasteiger partial charge in [0.05, 0.1) is 0 Å². The largest absolute Gasteiger partial charge is 0.324 e. The van der Waals surface area contributed by atoms with Gasteiger partial charge in [-0.2, -0.15) is 0 Å². The first-order chi connectivity index (χ1) is 6.33. The molecule has 0 fully saturated rings. The predicted molar refractivity (Wildman–Crippen MR) is 58.8 cm³/mol. The number of benzene rings is 1. The Morgan fingerprint density at radius 1 is 1.54 bits per heavy atom. The lowest BCUT2D eigenvalue weighted by atomic mass is 10.0. The van der Waals surface area contributed by atoms with Gasteiger partial charge in [-0.3, -0.25) is 0 Å². The number of hydrogen-bond acceptors (Lipinski definition) is 2. The van der Waals surface area contributed by atoms with Crippen LogP contribution in [0.4, 0.5) is 0 Å². The number of thioether (sulfide) groups is 1. The second-order valence-corrected chi connectivity index (χ2v) is 4.32. The molecule has 1 aliphatic rings. The van der Waals surface area contributed by atoms with Crippen LogP contribution in [0.2, 0.25) is 0 Å². The van der Waals surface area contributed by atoms with E-state index in [4.69, 9.17) is 5.73 Å². The average Bonchev–Trinajstić information content (AvgIpc) is 2.18. The van der Waals surface area contributed by atoms with Crippen molar-refractivity contribution in [3.05, 3.63) is 35.9 Å². The Balaban J connectivity index is 2.54. The molecule has 0 aliphatic carbocycles. The van der Waals surface area contributed by atoms with Crippen molar-refractivity contribution in [3.63, 3.8) is 0 Å². The molecule has 1 aromatic carbocycles. The molecule has 0 saturated heterocycles. The van der Waals surface area contributed by atoms with Crippen LogP contribution in [-0.4, -0.2) is 5.75 Å². The van der Waals surface area contributed by atoms with E-state index in [1.165, 1.54) is 16.0 Å². The highest BCUT2D eigenvalue weighted by Gasteiger charge is 2.18. The monoisotopic (exact) mass is 191 g/mol. The Morgan fingerprint density at radius 2 is 2.38 bits per heavy atom. The first-order valence-electron chi connectivity index (χ1n) is 4.46. The fraction of sp³-hybridized carbons (Fsp3) is 0.273. The molecule has 1 atom stereocenters. The standard InChI is InChI=1S/C11H13NS/c1-2-8-4-3-5-9-10(12)6-7-13-11(8)9/h2-5,10H,1,6-7,12H2. The second kappa shape index (κ2) is 3.56. The lowest BCUT2D eigenvalue weighted by Gasteiger charge is -2.22. The SMILES string of the molecule is C=Cc1cccc2c1SCCC2N. The maximum atomic E-state index is 6.02. The van der Waals surface area contributed by atoms with Crippen molar-refractivity contribution in [1.82, 2.24) is 0 Å². The molecule has 2 rings (SSSR count). The Hall–Kier alpha value is -0.730. The zero-order valence-electron chi connectivity index (χ0n) is 7.49. The molecule has 13 heavy (non-hydrogen) atoms. The van der Waals surface area contributed by atoms with E-state index in [2.05, 4.69) is 24.8 Å². The van der Waals surface area contributed by atoms with Gasteiger partial charge < -0.3 is 5.73 Å². The van der Waals surface area contributed by atoms with E-state index >= 15 is 0 Å². The van der Waals surface area contributed by atoms with Gasteiger partial charge in [0.2, 0.25) is 0 Å². The molecule has 2 heteroatoms. The minimum Gasteiger partial charge on any atom is -0.324 e. The summed E-state index contributed by atoms with van der Waals surface area (Å²) in [7, 11) is 0. The maximum absolute atomic E-state index is 6.02. The molecule has 0 spiro atoms. The summed E-state index contributed by atoms with van der Waals surface area (Å²) in [6.45, 7) is 3.81. The summed E-state index contributed by atoms with van der Waals surface area (Å²) in [6.07, 6.45) is 2.99. The Morgan fingerprint density at radius 3 is 3.15 bits per heavy atom. The van der Waals surface area contributed by atoms with E-state index in [1.54, 1.807) is 0 Å². The number of rotatable bonds is 1. The van der Waals surface area contributed by atoms with Gasteiger partial charge in [-0.15, -0.1) is 11.8 Å². The van der Waals surface area contributed by atoms with Gasteiger partial charge in [0.15, 0.2) is 0 Å². The first kappa shape index (κ1) is 8.85. The van der Waals surface area contributed by atoms with Crippen molar-refractivity contribution in [2.45, 2.75) is 17.4 Å². The number of nitrogens with two attached hydrogens (primary N) is 1. The van der Waals surface area contributed by atoms with E-state index in [9.17, 15) is 0 Å². The number of hydrogen-bond donors (Lipinski definition) is 1. The molecule has 1 unspecified atom stereocenters. The zero-order chi connectivity index (χ0) is 9.26. The molecule has 1 aromatic rings. The van der Waals surface area contributed by atoms with Crippen LogP contribution < -0.4 is 5.73 Å². The smallest absolute Gasteiger partial charge is 0.0314 e. The lowest BCUT2D eigenvalue weighted by molar-refractivity contribution is 0.680. The van der Waals surface area contributed by atoms with Crippen molar-refractivity contribution in [1.29, 1.82) is 0 Å². The van der Waals surface area contributed by atoms with Crippen LogP contribution in [0.15, 0.2) is 29.7 Å². The summed E-state index contributed by atoms with van der Waals surface area (Å²) in [5.41, 5.74) is 8.53. The molecule has 1 nitrogen and oxygen atoms in total. The van der Waals surface area contributed by atoms with Gasteiger partial charge in [0, 0.05) is 10.9 Å². The van der Waals surface area contributed by atoms with Gasteiger partial charge in [-0.25, -0.2) is 0 Å². The summed E-state index contributed by atoms with van der Waals surface area (Å²) in [4.78, 5) is 1.33. The maximum Gasteiger partial charge on any atom is 0.0314 e. The van der Waals surface area contributed by atoms with Crippen molar-refractivity contribution >= 4 is 17.8 Å². The summed E-state index contributed by atoms with van der Waals surface area (Å²) in [5.74, 6) is 1.12. The summed E-state index contributed by atoms with van der Waals surface area (Å²) in [6, 6.07) is 6.49. The first-order valence-corrected chi connectivity index (χ1v) is 5.45. The Bertz CT molecular complexity index is 333. The van der Waals surface area contributed by atoms with Crippen LogP contribution in [0.1, 0.15) is 23.6 Å². The third-order valence-electron chi connectivity index (χ3n) is 2.37. The van der Waals surface area contributed by atoms with Crippen LogP contribution in [0.3, 0.4) is 0 Å². The van der Waals surface area contributed by atoms with E-state index in [0.29, 0.717) is 0 Å². The third kappa shape index (κ3) is 1.52. The van der Waals surface area contributed by atoms with Gasteiger partial charge in [-0.05, 0) is 23.3 Å². The quantitative estimate of drug-likeness (QED) is 0.738. The molecule has 0 radical (unpaired) electrons. The fourth-order valence-corrected chi connectivity index (χ4v) is 2.92. The van der Waals surface area contributed by atoms with E-state index in [-0.39, 0.29) is 6.04 Å². The molecule has 68 valence electrons. The minimum atomic E-state index is 0.219. The molecule has 0 saturated carbocycles. The molecule has 0 aromatic heterocycles. The molecule has 2 N–H and O–H groups in total. The normalized spacial score (nSPS) is 20.8. The van der Waals surface area contributed by atoms with Gasteiger partial charge in [-0.1, -0.05) is 30.9 Å². The van der Waals surface area contributed by atoms with E-state index in [0.717, 1.165) is 12.2 Å². The summed E-state index contributed by atoms with van der Waals surface area (Å²) in [5, 5.41) is 0. The van der Waals surface area contributed by atoms with Crippen molar-refractivity contribution in [2.24, 2.45) is 5.73 Å². The highest BCUT2D eigenvalue weighted by Crippen LogP contribution is 2.37. The van der Waals surface area contributed by atoms with Crippen molar-refractivity contribution < 1.29 is 0 Å². The van der Waals surface area contributed by atoms with Crippen molar-refractivity contribution in [3.8, 4) is 0 Å². The molecular formula is C11H13NS. The van der Waals surface area contributed by atoms with Crippen LogP contribution in [0.25, 0.3) is 6.08 Å². The van der Waals surface area contributed by atoms with Crippen LogP contribution in [0, 0.1) is 0 Å². The van der Waals surface area contributed by atoms with Crippen LogP contribution >= 0.6 is 11.8 Å². The van der Waals surface area contributed by atoms with Gasteiger partial charge in [0.1, 0.15) is 0 Å². The minimum absolute atomic E-state index is 0.219. The Kier molecular flexibility index (Phi) is 2.42. The molecule has 0 bridgehead atoms. The van der Waals surface area contributed by atoms with Gasteiger partial charge >= 0.3 is 0 Å². The van der Waals surface area contributed by atoms with E-state index in [1.807, 2.05) is 17.8 Å². The average molecular weight is 191 g/mol.